The summed E-state index contributed by atoms with van der Waals surface area (Å²) in [6, 6.07) is 2.32. The number of hydrogen-bond donors (Lipinski definition) is 1. The minimum absolute atomic E-state index is 0.0926. The summed E-state index contributed by atoms with van der Waals surface area (Å²) in [5, 5.41) is 9.38. The summed E-state index contributed by atoms with van der Waals surface area (Å²) in [5.74, 6) is -1.80. The van der Waals surface area contributed by atoms with E-state index in [2.05, 4.69) is 15.9 Å². The number of pyridine rings is 1. The van der Waals surface area contributed by atoms with E-state index < -0.39 is 17.3 Å². The fourth-order valence-electron chi connectivity index (χ4n) is 2.04. The van der Waals surface area contributed by atoms with Crippen molar-refractivity contribution >= 4 is 32.8 Å². The normalized spacial score (nSPS) is 10.9. The van der Waals surface area contributed by atoms with E-state index in [0.717, 1.165) is 6.07 Å². The number of aromatic nitrogens is 1. The Labute approximate surface area is 110 Å². The first-order valence-corrected chi connectivity index (χ1v) is 5.85. The van der Waals surface area contributed by atoms with Gasteiger partial charge >= 0.3 is 5.97 Å². The highest BCUT2D eigenvalue weighted by atomic mass is 79.9. The Balaban J connectivity index is 3.18. The smallest absolute Gasteiger partial charge is 0.336 e. The average molecular weight is 314 g/mol. The summed E-state index contributed by atoms with van der Waals surface area (Å²) in [7, 11) is 1.52. The molecule has 0 atom stereocenters. The molecular formula is C12H9BrFNO3. The first kappa shape index (κ1) is 12.8. The Hall–Kier alpha value is -1.69. The number of benzene rings is 1. The van der Waals surface area contributed by atoms with Gasteiger partial charge in [-0.25, -0.2) is 9.18 Å². The van der Waals surface area contributed by atoms with Gasteiger partial charge in [0.25, 0.3) is 5.56 Å². The van der Waals surface area contributed by atoms with Gasteiger partial charge in [0, 0.05) is 22.5 Å². The van der Waals surface area contributed by atoms with E-state index in [4.69, 9.17) is 0 Å². The standard InChI is InChI=1S/C12H9BrFNO3/c1-5-9(12(17)18)7-3-6(14)4-8(13)10(7)15(2)11(5)16/h3-4H,1-2H3,(H,17,18). The van der Waals surface area contributed by atoms with E-state index in [1.807, 2.05) is 0 Å². The van der Waals surface area contributed by atoms with Crippen LogP contribution in [0.25, 0.3) is 10.9 Å². The zero-order chi connectivity index (χ0) is 13.6. The lowest BCUT2D eigenvalue weighted by Crippen LogP contribution is -2.23. The van der Waals surface area contributed by atoms with Gasteiger partial charge < -0.3 is 9.67 Å². The summed E-state index contributed by atoms with van der Waals surface area (Å²) in [4.78, 5) is 23.2. The van der Waals surface area contributed by atoms with Crippen LogP contribution in [0.15, 0.2) is 21.4 Å². The molecule has 4 nitrogen and oxygen atoms in total. The Morgan fingerprint density at radius 1 is 1.44 bits per heavy atom. The Bertz CT molecular complexity index is 736. The van der Waals surface area contributed by atoms with E-state index >= 15 is 0 Å². The molecule has 1 heterocycles. The van der Waals surface area contributed by atoms with E-state index in [9.17, 15) is 19.1 Å². The van der Waals surface area contributed by atoms with E-state index in [-0.39, 0.29) is 16.5 Å². The largest absolute Gasteiger partial charge is 0.478 e. The van der Waals surface area contributed by atoms with Crippen molar-refractivity contribution in [3.8, 4) is 0 Å². The van der Waals surface area contributed by atoms with Gasteiger partial charge in [0.2, 0.25) is 0 Å². The van der Waals surface area contributed by atoms with Crippen molar-refractivity contribution in [1.82, 2.24) is 4.57 Å². The molecule has 94 valence electrons. The quantitative estimate of drug-likeness (QED) is 0.879. The van der Waals surface area contributed by atoms with E-state index in [1.54, 1.807) is 0 Å². The highest BCUT2D eigenvalue weighted by Gasteiger charge is 2.19. The molecule has 0 aliphatic carbocycles. The van der Waals surface area contributed by atoms with E-state index in [1.165, 1.54) is 24.6 Å². The molecule has 0 radical (unpaired) electrons. The molecule has 6 heteroatoms. The van der Waals surface area contributed by atoms with Crippen LogP contribution in [0.3, 0.4) is 0 Å². The molecular weight excluding hydrogens is 305 g/mol. The van der Waals surface area contributed by atoms with Gasteiger partial charge in [-0.2, -0.15) is 0 Å². The Kier molecular flexibility index (Phi) is 2.98. The number of carboxylic acids is 1. The molecule has 0 bridgehead atoms. The molecule has 2 aromatic rings. The van der Waals surface area contributed by atoms with Gasteiger partial charge in [-0.05, 0) is 35.0 Å². The Morgan fingerprint density at radius 3 is 2.61 bits per heavy atom. The van der Waals surface area contributed by atoms with Crippen LogP contribution in [0.4, 0.5) is 4.39 Å². The molecule has 1 aromatic heterocycles. The number of aromatic carboxylic acids is 1. The third kappa shape index (κ3) is 1.73. The summed E-state index contributed by atoms with van der Waals surface area (Å²) >= 11 is 3.15. The summed E-state index contributed by atoms with van der Waals surface area (Å²) in [6.45, 7) is 1.42. The maximum atomic E-state index is 13.4. The molecule has 0 spiro atoms. The summed E-state index contributed by atoms with van der Waals surface area (Å²) < 4.78 is 15.0. The predicted octanol–water partition coefficient (Wildman–Crippen LogP) is 2.45. The van der Waals surface area contributed by atoms with Crippen molar-refractivity contribution in [2.75, 3.05) is 0 Å². The lowest BCUT2D eigenvalue weighted by Gasteiger charge is -2.12. The van der Waals surface area contributed by atoms with Crippen LogP contribution in [0, 0.1) is 12.7 Å². The number of carbonyl (C=O) groups is 1. The SMILES string of the molecule is Cc1c(C(=O)O)c2cc(F)cc(Br)c2n(C)c1=O. The maximum absolute atomic E-state index is 13.4. The molecule has 1 aromatic carbocycles. The zero-order valence-corrected chi connectivity index (χ0v) is 11.2. The van der Waals surface area contributed by atoms with Crippen LogP contribution in [0.1, 0.15) is 15.9 Å². The molecule has 0 aliphatic heterocycles. The van der Waals surface area contributed by atoms with E-state index in [0.29, 0.717) is 9.99 Å². The molecule has 0 amide bonds. The molecule has 18 heavy (non-hydrogen) atoms. The first-order chi connectivity index (χ1) is 8.34. The monoisotopic (exact) mass is 313 g/mol. The van der Waals surface area contributed by atoms with Crippen LogP contribution in [-0.2, 0) is 7.05 Å². The first-order valence-electron chi connectivity index (χ1n) is 5.06. The van der Waals surface area contributed by atoms with Gasteiger partial charge in [0.05, 0.1) is 11.1 Å². The molecule has 1 N–H and O–H groups in total. The second kappa shape index (κ2) is 4.20. The maximum Gasteiger partial charge on any atom is 0.336 e. The molecule has 2 rings (SSSR count). The number of carboxylic acid groups (broad SMARTS) is 1. The van der Waals surface area contributed by atoms with Crippen molar-refractivity contribution in [2.45, 2.75) is 6.92 Å². The number of hydrogen-bond acceptors (Lipinski definition) is 2. The minimum atomic E-state index is -1.24. The van der Waals surface area contributed by atoms with Gasteiger partial charge in [-0.15, -0.1) is 0 Å². The van der Waals surface area contributed by atoms with Gasteiger partial charge in [-0.3, -0.25) is 4.79 Å². The van der Waals surface area contributed by atoms with Crippen molar-refractivity contribution in [2.24, 2.45) is 7.05 Å². The number of aryl methyl sites for hydroxylation is 1. The van der Waals surface area contributed by atoms with Gasteiger partial charge in [0.1, 0.15) is 5.82 Å². The number of nitrogens with zero attached hydrogens (tertiary/aromatic N) is 1. The van der Waals surface area contributed by atoms with Gasteiger partial charge in [0.15, 0.2) is 0 Å². The highest BCUT2D eigenvalue weighted by Crippen LogP contribution is 2.27. The molecule has 0 aliphatic rings. The Morgan fingerprint density at radius 2 is 2.06 bits per heavy atom. The van der Waals surface area contributed by atoms with Crippen molar-refractivity contribution in [3.05, 3.63) is 43.9 Å². The number of fused-ring (bicyclic) bond motifs is 1. The predicted molar refractivity (Wildman–Crippen MR) is 68.5 cm³/mol. The van der Waals surface area contributed by atoms with Crippen molar-refractivity contribution in [1.29, 1.82) is 0 Å². The summed E-state index contributed by atoms with van der Waals surface area (Å²) in [6.07, 6.45) is 0. The number of rotatable bonds is 1. The van der Waals surface area contributed by atoms with Crippen molar-refractivity contribution < 1.29 is 14.3 Å². The third-order valence-electron chi connectivity index (χ3n) is 2.85. The highest BCUT2D eigenvalue weighted by molar-refractivity contribution is 9.10. The van der Waals surface area contributed by atoms with Crippen LogP contribution >= 0.6 is 15.9 Å². The fourth-order valence-corrected chi connectivity index (χ4v) is 2.73. The van der Waals surface area contributed by atoms with Crippen LogP contribution in [0.5, 0.6) is 0 Å². The third-order valence-corrected chi connectivity index (χ3v) is 3.45. The lowest BCUT2D eigenvalue weighted by atomic mass is 10.0. The molecule has 0 fully saturated rings. The summed E-state index contributed by atoms with van der Waals surface area (Å²) in [5.41, 5.74) is -0.111. The zero-order valence-electron chi connectivity index (χ0n) is 9.62. The van der Waals surface area contributed by atoms with Crippen molar-refractivity contribution in [3.63, 3.8) is 0 Å². The molecule has 0 saturated heterocycles. The van der Waals surface area contributed by atoms with Crippen LogP contribution in [0.2, 0.25) is 0 Å². The second-order valence-electron chi connectivity index (χ2n) is 3.95. The lowest BCUT2D eigenvalue weighted by molar-refractivity contribution is 0.0698. The topological polar surface area (TPSA) is 59.3 Å². The van der Waals surface area contributed by atoms with Crippen LogP contribution < -0.4 is 5.56 Å². The average Bonchev–Trinajstić information content (AvgIpc) is 2.24. The second-order valence-corrected chi connectivity index (χ2v) is 4.81. The molecule has 0 saturated carbocycles. The van der Waals surface area contributed by atoms with Gasteiger partial charge in [-0.1, -0.05) is 0 Å². The fraction of sp³-hybridized carbons (Fsp3) is 0.167. The minimum Gasteiger partial charge on any atom is -0.478 e. The molecule has 0 unspecified atom stereocenters. The van der Waals surface area contributed by atoms with Crippen LogP contribution in [-0.4, -0.2) is 15.6 Å². The number of halogens is 2.